The molecule has 0 aromatic heterocycles. The topological polar surface area (TPSA) is 38.8 Å². The summed E-state index contributed by atoms with van der Waals surface area (Å²) in [6, 6.07) is 0. The lowest BCUT2D eigenvalue weighted by Gasteiger charge is -2.24. The number of esters is 1. The van der Waals surface area contributed by atoms with Crippen LogP contribution in [-0.4, -0.2) is 44.7 Å². The van der Waals surface area contributed by atoms with Gasteiger partial charge >= 0.3 is 5.97 Å². The standard InChI is InChI=1S/C13H20NO3/c1-10(15)17-12-7-5-6-11(13(12)16-4)8-9-14(2)3/h5-7,12H,8-9H2,1-4H3. The molecule has 0 heterocycles. The zero-order valence-electron chi connectivity index (χ0n) is 10.9. The number of hydrogen-bond donors (Lipinski definition) is 0. The summed E-state index contributed by atoms with van der Waals surface area (Å²) in [5.74, 6) is 0.424. The lowest BCUT2D eigenvalue weighted by molar-refractivity contribution is -0.144. The SMILES string of the molecule is COC1=C(CCN(C)C)C=C[CH]C1OC(C)=O. The molecule has 1 radical (unpaired) electrons. The summed E-state index contributed by atoms with van der Waals surface area (Å²) in [6.07, 6.45) is 6.21. The fraction of sp³-hybridized carbons (Fsp3) is 0.538. The number of methoxy groups -OCH3 is 1. The van der Waals surface area contributed by atoms with Gasteiger partial charge < -0.3 is 14.4 Å². The van der Waals surface area contributed by atoms with Crippen molar-refractivity contribution < 1.29 is 14.3 Å². The van der Waals surface area contributed by atoms with Crippen LogP contribution in [0.2, 0.25) is 0 Å². The Kier molecular flexibility index (Phi) is 5.22. The maximum atomic E-state index is 11.0. The van der Waals surface area contributed by atoms with Gasteiger partial charge in [0.05, 0.1) is 7.11 Å². The third kappa shape index (κ3) is 4.23. The molecule has 4 nitrogen and oxygen atoms in total. The fourth-order valence-electron chi connectivity index (χ4n) is 1.69. The zero-order valence-corrected chi connectivity index (χ0v) is 10.9. The van der Waals surface area contributed by atoms with Gasteiger partial charge in [-0.25, -0.2) is 0 Å². The van der Waals surface area contributed by atoms with E-state index in [2.05, 4.69) is 4.90 Å². The molecule has 0 saturated carbocycles. The van der Waals surface area contributed by atoms with Crippen molar-refractivity contribution in [2.45, 2.75) is 19.4 Å². The third-order valence-electron chi connectivity index (χ3n) is 2.50. The minimum atomic E-state index is -0.389. The van der Waals surface area contributed by atoms with Gasteiger partial charge in [0.2, 0.25) is 0 Å². The second kappa shape index (κ2) is 6.45. The molecule has 17 heavy (non-hydrogen) atoms. The summed E-state index contributed by atoms with van der Waals surface area (Å²) in [5.41, 5.74) is 1.08. The Morgan fingerprint density at radius 1 is 1.47 bits per heavy atom. The van der Waals surface area contributed by atoms with E-state index < -0.39 is 0 Å². The van der Waals surface area contributed by atoms with Crippen LogP contribution in [-0.2, 0) is 14.3 Å². The van der Waals surface area contributed by atoms with Crippen molar-refractivity contribution in [3.8, 4) is 0 Å². The average molecular weight is 238 g/mol. The molecule has 1 aliphatic rings. The highest BCUT2D eigenvalue weighted by atomic mass is 16.6. The van der Waals surface area contributed by atoms with Crippen LogP contribution < -0.4 is 0 Å². The molecule has 95 valence electrons. The van der Waals surface area contributed by atoms with Crippen LogP contribution in [0.4, 0.5) is 0 Å². The Bertz CT molecular complexity index is 332. The van der Waals surface area contributed by atoms with E-state index in [0.717, 1.165) is 24.3 Å². The van der Waals surface area contributed by atoms with Crippen LogP contribution in [0.25, 0.3) is 0 Å². The predicted molar refractivity (Wildman–Crippen MR) is 66.2 cm³/mol. The highest BCUT2D eigenvalue weighted by Crippen LogP contribution is 2.24. The molecular formula is C13H20NO3. The van der Waals surface area contributed by atoms with E-state index in [0.29, 0.717) is 0 Å². The van der Waals surface area contributed by atoms with Crippen LogP contribution in [0.1, 0.15) is 13.3 Å². The van der Waals surface area contributed by atoms with E-state index >= 15 is 0 Å². The molecule has 1 rings (SSSR count). The van der Waals surface area contributed by atoms with Crippen LogP contribution in [0.5, 0.6) is 0 Å². The van der Waals surface area contributed by atoms with E-state index in [-0.39, 0.29) is 12.1 Å². The molecule has 1 unspecified atom stereocenters. The minimum Gasteiger partial charge on any atom is -0.497 e. The van der Waals surface area contributed by atoms with Crippen LogP contribution >= 0.6 is 0 Å². The molecule has 0 amide bonds. The number of carbonyl (C=O) groups is 1. The second-order valence-corrected chi connectivity index (χ2v) is 4.23. The summed E-state index contributed by atoms with van der Waals surface area (Å²) >= 11 is 0. The van der Waals surface area contributed by atoms with Crippen LogP contribution in [0.15, 0.2) is 23.5 Å². The van der Waals surface area contributed by atoms with Crippen molar-refractivity contribution in [2.24, 2.45) is 0 Å². The summed E-state index contributed by atoms with van der Waals surface area (Å²) < 4.78 is 10.5. The zero-order chi connectivity index (χ0) is 12.8. The lowest BCUT2D eigenvalue weighted by Crippen LogP contribution is -2.24. The smallest absolute Gasteiger partial charge is 0.303 e. The molecule has 0 aromatic rings. The molecule has 0 fully saturated rings. The Labute approximate surface area is 103 Å². The summed E-state index contributed by atoms with van der Waals surface area (Å²) in [4.78, 5) is 13.1. The summed E-state index contributed by atoms with van der Waals surface area (Å²) in [6.45, 7) is 2.33. The van der Waals surface area contributed by atoms with E-state index in [4.69, 9.17) is 9.47 Å². The average Bonchev–Trinajstić information content (AvgIpc) is 2.25. The van der Waals surface area contributed by atoms with E-state index in [1.807, 2.05) is 32.7 Å². The van der Waals surface area contributed by atoms with Crippen molar-refractivity contribution in [1.82, 2.24) is 4.90 Å². The summed E-state index contributed by atoms with van der Waals surface area (Å²) in [5, 5.41) is 0. The monoisotopic (exact) mass is 238 g/mol. The van der Waals surface area contributed by atoms with Crippen molar-refractivity contribution >= 4 is 5.97 Å². The molecule has 0 N–H and O–H groups in total. The highest BCUT2D eigenvalue weighted by molar-refractivity contribution is 5.67. The van der Waals surface area contributed by atoms with E-state index in [1.54, 1.807) is 7.11 Å². The number of carbonyl (C=O) groups excluding carboxylic acids is 1. The normalized spacial score (nSPS) is 19.7. The Balaban J connectivity index is 2.76. The van der Waals surface area contributed by atoms with Crippen molar-refractivity contribution in [3.63, 3.8) is 0 Å². The molecular weight excluding hydrogens is 218 g/mol. The van der Waals surface area contributed by atoms with E-state index in [1.165, 1.54) is 6.92 Å². The molecule has 4 heteroatoms. The maximum Gasteiger partial charge on any atom is 0.303 e. The Morgan fingerprint density at radius 3 is 2.71 bits per heavy atom. The second-order valence-electron chi connectivity index (χ2n) is 4.23. The van der Waals surface area contributed by atoms with Gasteiger partial charge in [0.15, 0.2) is 6.10 Å². The third-order valence-corrected chi connectivity index (χ3v) is 2.50. The van der Waals surface area contributed by atoms with Crippen molar-refractivity contribution in [2.75, 3.05) is 27.7 Å². The van der Waals surface area contributed by atoms with Crippen LogP contribution in [0, 0.1) is 6.42 Å². The predicted octanol–water partition coefficient (Wildman–Crippen LogP) is 1.54. The summed E-state index contributed by atoms with van der Waals surface area (Å²) in [7, 11) is 5.65. The number of hydrogen-bond acceptors (Lipinski definition) is 4. The van der Waals surface area contributed by atoms with Gasteiger partial charge in [-0.1, -0.05) is 12.2 Å². The van der Waals surface area contributed by atoms with Gasteiger partial charge in [0, 0.05) is 19.9 Å². The Morgan fingerprint density at radius 2 is 2.18 bits per heavy atom. The van der Waals surface area contributed by atoms with Gasteiger partial charge in [-0.2, -0.15) is 0 Å². The van der Waals surface area contributed by atoms with Gasteiger partial charge in [0.1, 0.15) is 5.76 Å². The van der Waals surface area contributed by atoms with Gasteiger partial charge in [-0.3, -0.25) is 4.79 Å². The number of rotatable bonds is 5. The quantitative estimate of drug-likeness (QED) is 0.681. The molecule has 0 bridgehead atoms. The molecule has 0 saturated heterocycles. The first-order valence-corrected chi connectivity index (χ1v) is 5.65. The Hall–Kier alpha value is -1.29. The molecule has 0 aromatic carbocycles. The molecule has 1 atom stereocenters. The first kappa shape index (κ1) is 13.8. The molecule has 1 aliphatic carbocycles. The minimum absolute atomic E-state index is 0.303. The van der Waals surface area contributed by atoms with Crippen molar-refractivity contribution in [3.05, 3.63) is 29.9 Å². The maximum absolute atomic E-state index is 11.0. The number of nitrogens with zero attached hydrogens (tertiary/aromatic N) is 1. The largest absolute Gasteiger partial charge is 0.497 e. The van der Waals surface area contributed by atoms with Gasteiger partial charge in [-0.05, 0) is 26.1 Å². The van der Waals surface area contributed by atoms with Gasteiger partial charge in [0.25, 0.3) is 0 Å². The fourth-order valence-corrected chi connectivity index (χ4v) is 1.69. The van der Waals surface area contributed by atoms with Crippen molar-refractivity contribution in [1.29, 1.82) is 0 Å². The molecule has 0 spiro atoms. The lowest BCUT2D eigenvalue weighted by atomic mass is 9.99. The highest BCUT2D eigenvalue weighted by Gasteiger charge is 2.23. The van der Waals surface area contributed by atoms with Crippen LogP contribution in [0.3, 0.4) is 0 Å². The number of allylic oxidation sites excluding steroid dienone is 1. The number of ether oxygens (including phenoxy) is 2. The first-order chi connectivity index (χ1) is 8.04. The van der Waals surface area contributed by atoms with E-state index in [9.17, 15) is 4.79 Å². The molecule has 0 aliphatic heterocycles. The first-order valence-electron chi connectivity index (χ1n) is 5.65. The van der Waals surface area contributed by atoms with Gasteiger partial charge in [-0.15, -0.1) is 0 Å².